The molecule has 3 aromatic rings. The Kier molecular flexibility index (Phi) is 8.90. The van der Waals surface area contributed by atoms with Gasteiger partial charge < -0.3 is 10.2 Å². The number of hydrogen-bond donors (Lipinski definition) is 1. The first-order valence-corrected chi connectivity index (χ1v) is 15.1. The highest BCUT2D eigenvalue weighted by molar-refractivity contribution is 9.10. The number of nitrogens with one attached hydrogen (secondary N) is 1. The molecule has 2 heterocycles. The smallest absolute Gasteiger partial charge is 0.332 e. The minimum Gasteiger partial charge on any atom is -0.349 e. The lowest BCUT2D eigenvalue weighted by Gasteiger charge is -2.42. The maximum Gasteiger partial charge on any atom is 0.332 e. The van der Waals surface area contributed by atoms with Gasteiger partial charge in [-0.15, -0.1) is 0 Å². The fourth-order valence-electron chi connectivity index (χ4n) is 5.83. The van der Waals surface area contributed by atoms with Gasteiger partial charge in [-0.25, -0.2) is 4.79 Å². The number of hydrogen-bond acceptors (Lipinski definition) is 4. The zero-order chi connectivity index (χ0) is 29.0. The van der Waals surface area contributed by atoms with Gasteiger partial charge in [0.15, 0.2) is 0 Å². The highest BCUT2D eigenvalue weighted by Gasteiger charge is 2.58. The summed E-state index contributed by atoms with van der Waals surface area (Å²) in [6, 6.07) is 27.0. The second-order valence-electron chi connectivity index (χ2n) is 11.3. The molecule has 2 fully saturated rings. The van der Waals surface area contributed by atoms with Crippen molar-refractivity contribution in [2.24, 2.45) is 5.92 Å². The van der Waals surface area contributed by atoms with Gasteiger partial charge in [0.2, 0.25) is 5.91 Å². The Morgan fingerprint density at radius 1 is 0.902 bits per heavy atom. The van der Waals surface area contributed by atoms with Crippen LogP contribution in [0.1, 0.15) is 50.3 Å². The molecular formula is C33H37BrN4O3. The number of amides is 4. The predicted molar refractivity (Wildman–Crippen MR) is 164 cm³/mol. The molecule has 214 valence electrons. The average molecular weight is 618 g/mol. The van der Waals surface area contributed by atoms with Crippen LogP contribution in [0, 0.1) is 5.92 Å². The third-order valence-corrected chi connectivity index (χ3v) is 8.75. The molecule has 0 unspecified atom stereocenters. The van der Waals surface area contributed by atoms with Gasteiger partial charge in [-0.1, -0.05) is 90.4 Å². The van der Waals surface area contributed by atoms with E-state index in [1.54, 1.807) is 4.90 Å². The van der Waals surface area contributed by atoms with E-state index in [0.29, 0.717) is 25.9 Å². The summed E-state index contributed by atoms with van der Waals surface area (Å²) in [5, 5.41) is 3.21. The second kappa shape index (κ2) is 12.6. The van der Waals surface area contributed by atoms with E-state index >= 15 is 0 Å². The third kappa shape index (κ3) is 6.23. The average Bonchev–Trinajstić information content (AvgIpc) is 3.18. The van der Waals surface area contributed by atoms with Crippen LogP contribution in [0.15, 0.2) is 89.4 Å². The fourth-order valence-corrected chi connectivity index (χ4v) is 6.09. The van der Waals surface area contributed by atoms with E-state index in [4.69, 9.17) is 0 Å². The number of carbonyl (C=O) groups excluding carboxylic acids is 3. The van der Waals surface area contributed by atoms with Crippen LogP contribution in [0.4, 0.5) is 10.5 Å². The molecule has 0 bridgehead atoms. The summed E-state index contributed by atoms with van der Waals surface area (Å²) in [6.45, 7) is 6.21. The molecule has 0 aromatic heterocycles. The lowest BCUT2D eigenvalue weighted by atomic mass is 9.85. The summed E-state index contributed by atoms with van der Waals surface area (Å²) >= 11 is 3.46. The number of urea groups is 1. The van der Waals surface area contributed by atoms with Crippen molar-refractivity contribution in [2.75, 3.05) is 24.5 Å². The van der Waals surface area contributed by atoms with Gasteiger partial charge in [-0.05, 0) is 54.7 Å². The highest BCUT2D eigenvalue weighted by atomic mass is 79.9. The monoisotopic (exact) mass is 616 g/mol. The van der Waals surface area contributed by atoms with Crippen molar-refractivity contribution in [3.63, 3.8) is 0 Å². The zero-order valence-corrected chi connectivity index (χ0v) is 25.2. The van der Waals surface area contributed by atoms with E-state index in [0.717, 1.165) is 34.3 Å². The van der Waals surface area contributed by atoms with Crippen LogP contribution >= 0.6 is 15.9 Å². The summed E-state index contributed by atoms with van der Waals surface area (Å²) < 4.78 is 0.952. The number of nitrogens with zero attached hydrogens (tertiary/aromatic N) is 3. The Morgan fingerprint density at radius 3 is 2.12 bits per heavy atom. The van der Waals surface area contributed by atoms with Crippen molar-refractivity contribution in [1.82, 2.24) is 15.1 Å². The number of imide groups is 1. The molecule has 0 saturated carbocycles. The molecule has 2 aliphatic rings. The quantitative estimate of drug-likeness (QED) is 0.292. The largest absolute Gasteiger partial charge is 0.349 e. The molecule has 1 spiro atoms. The number of para-hydroxylation sites is 1. The molecule has 1 N–H and O–H groups in total. The first-order valence-electron chi connectivity index (χ1n) is 14.3. The minimum atomic E-state index is -0.908. The lowest BCUT2D eigenvalue weighted by Crippen LogP contribution is -2.57. The molecule has 5 rings (SSSR count). The number of benzene rings is 3. The van der Waals surface area contributed by atoms with Crippen molar-refractivity contribution in [1.29, 1.82) is 0 Å². The number of likely N-dealkylation sites (tertiary alicyclic amines) is 1. The summed E-state index contributed by atoms with van der Waals surface area (Å²) in [5.74, 6) is -0.178. The maximum absolute atomic E-state index is 14.1. The van der Waals surface area contributed by atoms with Gasteiger partial charge in [0, 0.05) is 35.7 Å². The minimum absolute atomic E-state index is 0.0379. The molecule has 8 heteroatoms. The molecule has 3 aromatic carbocycles. The number of halogens is 1. The van der Waals surface area contributed by atoms with Crippen molar-refractivity contribution in [2.45, 2.75) is 51.2 Å². The van der Waals surface area contributed by atoms with Crippen LogP contribution in [0.25, 0.3) is 0 Å². The van der Waals surface area contributed by atoms with Gasteiger partial charge in [-0.3, -0.25) is 19.4 Å². The normalized spacial score (nSPS) is 17.9. The molecule has 2 aliphatic heterocycles. The zero-order valence-electron chi connectivity index (χ0n) is 23.6. The molecule has 1 atom stereocenters. The van der Waals surface area contributed by atoms with E-state index in [-0.39, 0.29) is 36.3 Å². The van der Waals surface area contributed by atoms with Gasteiger partial charge in [0.05, 0.1) is 12.6 Å². The van der Waals surface area contributed by atoms with Gasteiger partial charge in [-0.2, -0.15) is 0 Å². The van der Waals surface area contributed by atoms with Crippen molar-refractivity contribution >= 4 is 39.5 Å². The lowest BCUT2D eigenvalue weighted by molar-refractivity contribution is -0.133. The number of rotatable bonds is 9. The Labute approximate surface area is 250 Å². The van der Waals surface area contributed by atoms with Crippen molar-refractivity contribution in [3.05, 3.63) is 101 Å². The van der Waals surface area contributed by atoms with E-state index < -0.39 is 5.54 Å². The Bertz CT molecular complexity index is 1360. The maximum atomic E-state index is 14.1. The SMILES string of the molecule is CC(C)C(=O)N[C@@H](CCN1CCC2(CC1)C(=O)N(Cc1ccc(Br)cc1)C(=O)N2c1ccccc1)c1ccccc1. The summed E-state index contributed by atoms with van der Waals surface area (Å²) in [5.41, 5.74) is 1.84. The fraction of sp³-hybridized carbons (Fsp3) is 0.364. The molecule has 2 saturated heterocycles. The molecule has 0 aliphatic carbocycles. The van der Waals surface area contributed by atoms with E-state index in [9.17, 15) is 14.4 Å². The molecule has 4 amide bonds. The van der Waals surface area contributed by atoms with Crippen molar-refractivity contribution < 1.29 is 14.4 Å². The predicted octanol–water partition coefficient (Wildman–Crippen LogP) is 6.16. The van der Waals surface area contributed by atoms with Crippen LogP contribution in [0.2, 0.25) is 0 Å². The van der Waals surface area contributed by atoms with Crippen LogP contribution in [0.3, 0.4) is 0 Å². The molecule has 41 heavy (non-hydrogen) atoms. The third-order valence-electron chi connectivity index (χ3n) is 8.22. The Balaban J connectivity index is 1.32. The van der Waals surface area contributed by atoms with Gasteiger partial charge in [0.1, 0.15) is 5.54 Å². The number of anilines is 1. The number of carbonyl (C=O) groups is 3. The van der Waals surface area contributed by atoms with Crippen LogP contribution in [-0.2, 0) is 16.1 Å². The Morgan fingerprint density at radius 2 is 1.51 bits per heavy atom. The van der Waals surface area contributed by atoms with Gasteiger partial charge in [0.25, 0.3) is 5.91 Å². The van der Waals surface area contributed by atoms with E-state index in [2.05, 4.69) is 38.3 Å². The van der Waals surface area contributed by atoms with Crippen LogP contribution in [0.5, 0.6) is 0 Å². The molecule has 7 nitrogen and oxygen atoms in total. The standard InChI is InChI=1S/C33H37BrN4O3/c1-24(2)30(39)35-29(26-9-5-3-6-10-26)17-20-36-21-18-33(19-22-36)31(40)37(23-25-13-15-27(34)16-14-25)32(41)38(33)28-11-7-4-8-12-28/h3-16,24,29H,17-23H2,1-2H3,(H,35,39)/t29-/m0/s1. The molecular weight excluding hydrogens is 580 g/mol. The summed E-state index contributed by atoms with van der Waals surface area (Å²) in [7, 11) is 0. The summed E-state index contributed by atoms with van der Waals surface area (Å²) in [4.78, 5) is 46.0. The molecule has 0 radical (unpaired) electrons. The van der Waals surface area contributed by atoms with Crippen LogP contribution in [-0.4, -0.2) is 52.8 Å². The van der Waals surface area contributed by atoms with E-state index in [1.165, 1.54) is 4.90 Å². The second-order valence-corrected chi connectivity index (χ2v) is 12.2. The van der Waals surface area contributed by atoms with Gasteiger partial charge >= 0.3 is 6.03 Å². The Hall–Kier alpha value is -3.49. The first kappa shape index (κ1) is 29.0. The first-order chi connectivity index (χ1) is 19.8. The number of piperidine rings is 1. The van der Waals surface area contributed by atoms with E-state index in [1.807, 2.05) is 86.6 Å². The summed E-state index contributed by atoms with van der Waals surface area (Å²) in [6.07, 6.45) is 1.87. The topological polar surface area (TPSA) is 73.0 Å². The van der Waals surface area contributed by atoms with Crippen LogP contribution < -0.4 is 10.2 Å². The highest BCUT2D eigenvalue weighted by Crippen LogP contribution is 2.41. The van der Waals surface area contributed by atoms with Crippen molar-refractivity contribution in [3.8, 4) is 0 Å².